The molecular formula is C17H15ClN4O4S. The molecule has 2 aromatic rings. The zero-order valence-electron chi connectivity index (χ0n) is 14.3. The van der Waals surface area contributed by atoms with Crippen LogP contribution in [0.2, 0.25) is 5.02 Å². The van der Waals surface area contributed by atoms with Gasteiger partial charge in [0.15, 0.2) is 0 Å². The summed E-state index contributed by atoms with van der Waals surface area (Å²) in [6.07, 6.45) is 1.44. The quantitative estimate of drug-likeness (QED) is 0.676. The molecule has 0 spiro atoms. The monoisotopic (exact) mass is 406 g/mol. The number of hydrogen-bond donors (Lipinski definition) is 3. The number of benzene rings is 1. The fourth-order valence-corrected chi connectivity index (χ4v) is 3.59. The summed E-state index contributed by atoms with van der Waals surface area (Å²) in [5.74, 6) is -1.04. The number of urea groups is 1. The van der Waals surface area contributed by atoms with Crippen LogP contribution in [0.25, 0.3) is 0 Å². The van der Waals surface area contributed by atoms with E-state index in [1.165, 1.54) is 13.3 Å². The lowest BCUT2D eigenvalue weighted by Gasteiger charge is -2.28. The number of ether oxygens (including phenoxy) is 1. The lowest BCUT2D eigenvalue weighted by molar-refractivity contribution is -0.113. The predicted molar refractivity (Wildman–Crippen MR) is 101 cm³/mol. The number of methoxy groups -OCH3 is 1. The molecule has 2 heterocycles. The first-order valence-corrected chi connectivity index (χ1v) is 8.94. The summed E-state index contributed by atoms with van der Waals surface area (Å²) in [7, 11) is 1.25. The van der Waals surface area contributed by atoms with Gasteiger partial charge in [0, 0.05) is 28.2 Å². The summed E-state index contributed by atoms with van der Waals surface area (Å²) in [5.41, 5.74) is 1.50. The number of carbonyl (C=O) groups excluding carboxylic acids is 3. The van der Waals surface area contributed by atoms with Gasteiger partial charge in [0.25, 0.3) is 5.91 Å². The third kappa shape index (κ3) is 3.93. The molecule has 0 fully saturated rings. The van der Waals surface area contributed by atoms with Crippen molar-refractivity contribution in [3.8, 4) is 0 Å². The lowest BCUT2D eigenvalue weighted by atomic mass is 9.95. The molecule has 8 nitrogen and oxygen atoms in total. The van der Waals surface area contributed by atoms with Crippen LogP contribution in [0.3, 0.4) is 0 Å². The summed E-state index contributed by atoms with van der Waals surface area (Å²) < 4.78 is 8.76. The van der Waals surface area contributed by atoms with Crippen LogP contribution in [0.1, 0.15) is 28.2 Å². The maximum atomic E-state index is 12.9. The topological polar surface area (TPSA) is 109 Å². The van der Waals surface area contributed by atoms with Crippen LogP contribution in [0.5, 0.6) is 0 Å². The van der Waals surface area contributed by atoms with Crippen LogP contribution in [0.15, 0.2) is 41.7 Å². The van der Waals surface area contributed by atoms with Crippen molar-refractivity contribution in [2.45, 2.75) is 13.0 Å². The first-order chi connectivity index (χ1) is 12.9. The first-order valence-electron chi connectivity index (χ1n) is 7.78. The summed E-state index contributed by atoms with van der Waals surface area (Å²) in [6.45, 7) is 1.61. The Kier molecular flexibility index (Phi) is 5.43. The molecule has 1 unspecified atom stereocenters. The minimum absolute atomic E-state index is 0.213. The first kappa shape index (κ1) is 18.9. The van der Waals surface area contributed by atoms with Crippen LogP contribution in [0, 0.1) is 0 Å². The molecule has 27 heavy (non-hydrogen) atoms. The Bertz CT molecular complexity index is 956. The van der Waals surface area contributed by atoms with E-state index in [0.717, 1.165) is 11.5 Å². The van der Waals surface area contributed by atoms with Crippen molar-refractivity contribution in [1.29, 1.82) is 0 Å². The summed E-state index contributed by atoms with van der Waals surface area (Å²) in [4.78, 5) is 37.1. The number of hydrogen-bond acceptors (Lipinski definition) is 6. The number of allylic oxidation sites excluding steroid dienone is 1. The van der Waals surface area contributed by atoms with Gasteiger partial charge in [-0.2, -0.15) is 4.37 Å². The molecular weight excluding hydrogens is 392 g/mol. The molecule has 3 amide bonds. The Hall–Kier alpha value is -2.91. The maximum absolute atomic E-state index is 12.9. The summed E-state index contributed by atoms with van der Waals surface area (Å²) in [5, 5.41) is 8.45. The average molecular weight is 407 g/mol. The van der Waals surface area contributed by atoms with Gasteiger partial charge in [0.2, 0.25) is 0 Å². The smallest absolute Gasteiger partial charge is 0.350 e. The van der Waals surface area contributed by atoms with Crippen LogP contribution in [-0.4, -0.2) is 29.4 Å². The number of anilines is 1. The minimum Gasteiger partial charge on any atom is -0.465 e. The fraction of sp³-hybridized carbons (Fsp3) is 0.176. The van der Waals surface area contributed by atoms with Crippen molar-refractivity contribution in [3.63, 3.8) is 0 Å². The van der Waals surface area contributed by atoms with E-state index in [0.29, 0.717) is 22.0 Å². The molecule has 0 saturated heterocycles. The second-order valence-electron chi connectivity index (χ2n) is 5.64. The van der Waals surface area contributed by atoms with E-state index >= 15 is 0 Å². The van der Waals surface area contributed by atoms with Crippen LogP contribution in [-0.2, 0) is 9.53 Å². The molecule has 0 bridgehead atoms. The number of carbonyl (C=O) groups is 3. The van der Waals surface area contributed by atoms with Crippen molar-refractivity contribution < 1.29 is 19.1 Å². The predicted octanol–water partition coefficient (Wildman–Crippen LogP) is 2.85. The number of esters is 1. The Morgan fingerprint density at radius 1 is 1.37 bits per heavy atom. The van der Waals surface area contributed by atoms with Gasteiger partial charge in [-0.15, -0.1) is 0 Å². The van der Waals surface area contributed by atoms with E-state index in [4.69, 9.17) is 16.3 Å². The van der Waals surface area contributed by atoms with E-state index in [1.807, 2.05) is 0 Å². The largest absolute Gasteiger partial charge is 0.465 e. The molecule has 0 saturated carbocycles. The molecule has 1 aromatic heterocycles. The fourth-order valence-electron chi connectivity index (χ4n) is 2.69. The highest BCUT2D eigenvalue weighted by Crippen LogP contribution is 2.32. The molecule has 0 radical (unpaired) electrons. The SMILES string of the molecule is COC(=O)c1sncc1C1NC(=O)NC(C)=C1C(=O)Nc1cccc(Cl)c1. The molecule has 1 aromatic carbocycles. The van der Waals surface area contributed by atoms with Gasteiger partial charge < -0.3 is 20.7 Å². The van der Waals surface area contributed by atoms with Crippen molar-refractivity contribution in [2.24, 2.45) is 0 Å². The second-order valence-corrected chi connectivity index (χ2v) is 6.87. The minimum atomic E-state index is -0.856. The van der Waals surface area contributed by atoms with Gasteiger partial charge in [0.1, 0.15) is 4.88 Å². The van der Waals surface area contributed by atoms with E-state index in [2.05, 4.69) is 20.3 Å². The molecule has 1 atom stereocenters. The third-order valence-electron chi connectivity index (χ3n) is 3.88. The Balaban J connectivity index is 1.99. The maximum Gasteiger partial charge on any atom is 0.350 e. The molecule has 3 rings (SSSR count). The van der Waals surface area contributed by atoms with Crippen LogP contribution < -0.4 is 16.0 Å². The Morgan fingerprint density at radius 2 is 2.15 bits per heavy atom. The third-order valence-corrected chi connectivity index (χ3v) is 4.91. The Morgan fingerprint density at radius 3 is 2.85 bits per heavy atom. The number of amides is 3. The van der Waals surface area contributed by atoms with Gasteiger partial charge in [-0.25, -0.2) is 9.59 Å². The number of halogens is 1. The van der Waals surface area contributed by atoms with Crippen molar-refractivity contribution in [1.82, 2.24) is 15.0 Å². The number of nitrogens with one attached hydrogen (secondary N) is 3. The van der Waals surface area contributed by atoms with E-state index in [9.17, 15) is 14.4 Å². The summed E-state index contributed by atoms with van der Waals surface area (Å²) >= 11 is 6.88. The van der Waals surface area contributed by atoms with Crippen molar-refractivity contribution >= 4 is 46.7 Å². The standard InChI is InChI=1S/C17H15ClN4O4S/c1-8-12(15(23)21-10-5-3-4-9(18)6-10)13(22-17(25)20-8)11-7-19-27-14(11)16(24)26-2/h3-7,13H,1-2H3,(H,21,23)(H2,20,22,25). The number of nitrogens with zero attached hydrogens (tertiary/aromatic N) is 1. The number of rotatable bonds is 4. The van der Waals surface area contributed by atoms with E-state index < -0.39 is 23.9 Å². The second kappa shape index (κ2) is 7.77. The average Bonchev–Trinajstić information content (AvgIpc) is 3.09. The van der Waals surface area contributed by atoms with Gasteiger partial charge in [-0.05, 0) is 36.7 Å². The van der Waals surface area contributed by atoms with Gasteiger partial charge in [-0.3, -0.25) is 4.79 Å². The molecule has 10 heteroatoms. The highest BCUT2D eigenvalue weighted by Gasteiger charge is 2.35. The van der Waals surface area contributed by atoms with Gasteiger partial charge in [-0.1, -0.05) is 17.7 Å². The normalized spacial score (nSPS) is 16.4. The van der Waals surface area contributed by atoms with E-state index in [-0.39, 0.29) is 10.5 Å². The molecule has 0 aliphatic carbocycles. The molecule has 3 N–H and O–H groups in total. The molecule has 140 valence electrons. The Labute approximate surface area is 163 Å². The zero-order chi connectivity index (χ0) is 19.6. The van der Waals surface area contributed by atoms with Gasteiger partial charge >= 0.3 is 12.0 Å². The highest BCUT2D eigenvalue weighted by atomic mass is 35.5. The number of aromatic nitrogens is 1. The van der Waals surface area contributed by atoms with Gasteiger partial charge in [0.05, 0.1) is 18.7 Å². The van der Waals surface area contributed by atoms with Crippen LogP contribution in [0.4, 0.5) is 10.5 Å². The highest BCUT2D eigenvalue weighted by molar-refractivity contribution is 7.08. The van der Waals surface area contributed by atoms with Crippen molar-refractivity contribution in [3.05, 3.63) is 57.2 Å². The van der Waals surface area contributed by atoms with Crippen LogP contribution >= 0.6 is 23.1 Å². The lowest BCUT2D eigenvalue weighted by Crippen LogP contribution is -2.46. The summed E-state index contributed by atoms with van der Waals surface area (Å²) in [6, 6.07) is 5.34. The van der Waals surface area contributed by atoms with Crippen molar-refractivity contribution in [2.75, 3.05) is 12.4 Å². The molecule has 1 aliphatic heterocycles. The molecule has 1 aliphatic rings. The zero-order valence-corrected chi connectivity index (χ0v) is 15.9. The van der Waals surface area contributed by atoms with E-state index in [1.54, 1.807) is 31.2 Å².